The molecule has 1 aromatic carbocycles. The molecule has 0 fully saturated rings. The van der Waals surface area contributed by atoms with E-state index in [0.717, 1.165) is 27.2 Å². The molecule has 0 spiro atoms. The van der Waals surface area contributed by atoms with E-state index in [1.807, 2.05) is 23.6 Å². The molecule has 0 atom stereocenters. The number of aryl methyl sites for hydroxylation is 1. The van der Waals surface area contributed by atoms with E-state index in [2.05, 4.69) is 5.32 Å². The zero-order chi connectivity index (χ0) is 19.0. The largest absolute Gasteiger partial charge is 0.467 e. The number of benzene rings is 1. The molecule has 0 bridgehead atoms. The Balaban J connectivity index is 1.67. The summed E-state index contributed by atoms with van der Waals surface area (Å²) in [5, 5.41) is 2.83. The molecule has 138 valence electrons. The van der Waals surface area contributed by atoms with Crippen LogP contribution in [0.2, 0.25) is 0 Å². The number of furan rings is 1. The maximum Gasteiger partial charge on any atom is 0.268 e. The van der Waals surface area contributed by atoms with Crippen LogP contribution in [0.1, 0.15) is 26.7 Å². The Bertz CT molecular complexity index is 1110. The van der Waals surface area contributed by atoms with E-state index in [1.165, 1.54) is 6.07 Å². The average Bonchev–Trinajstić information content (AvgIpc) is 3.34. The third kappa shape index (κ3) is 3.50. The smallest absolute Gasteiger partial charge is 0.268 e. The van der Waals surface area contributed by atoms with Gasteiger partial charge >= 0.3 is 0 Å². The zero-order valence-corrected chi connectivity index (χ0v) is 15.3. The molecule has 7 heteroatoms. The van der Waals surface area contributed by atoms with Gasteiger partial charge in [0.15, 0.2) is 11.6 Å². The van der Waals surface area contributed by atoms with Gasteiger partial charge in [0, 0.05) is 11.4 Å². The second kappa shape index (κ2) is 7.00. The lowest BCUT2D eigenvalue weighted by atomic mass is 10.2. The highest BCUT2D eigenvalue weighted by Gasteiger charge is 2.18. The van der Waals surface area contributed by atoms with Crippen molar-refractivity contribution >= 4 is 27.5 Å². The molecule has 0 aliphatic carbocycles. The summed E-state index contributed by atoms with van der Waals surface area (Å²) in [5.74, 6) is -1.39. The van der Waals surface area contributed by atoms with Gasteiger partial charge in [-0.1, -0.05) is 6.07 Å². The van der Waals surface area contributed by atoms with E-state index in [4.69, 9.17) is 4.42 Å². The molecular formula is C20H16F2N2O2S. The number of carbonyl (C=O) groups excluding carboxylic acids is 1. The third-order valence-corrected chi connectivity index (χ3v) is 5.26. The van der Waals surface area contributed by atoms with Crippen LogP contribution in [-0.4, -0.2) is 10.5 Å². The molecule has 0 aliphatic rings. The van der Waals surface area contributed by atoms with E-state index in [0.29, 0.717) is 17.0 Å². The van der Waals surface area contributed by atoms with Crippen molar-refractivity contribution in [2.24, 2.45) is 0 Å². The predicted octanol–water partition coefficient (Wildman–Crippen LogP) is 4.86. The summed E-state index contributed by atoms with van der Waals surface area (Å²) < 4.78 is 34.8. The average molecular weight is 386 g/mol. The van der Waals surface area contributed by atoms with E-state index in [-0.39, 0.29) is 19.0 Å². The highest BCUT2D eigenvalue weighted by atomic mass is 32.1. The number of carbonyl (C=O) groups is 1. The fraction of sp³-hybridized carbons (Fsp3) is 0.150. The van der Waals surface area contributed by atoms with Gasteiger partial charge in [0.05, 0.1) is 23.0 Å². The van der Waals surface area contributed by atoms with Gasteiger partial charge in [-0.05, 0) is 48.9 Å². The monoisotopic (exact) mass is 386 g/mol. The summed E-state index contributed by atoms with van der Waals surface area (Å²) in [6.07, 6.45) is 1.55. The van der Waals surface area contributed by atoms with Crippen LogP contribution in [0, 0.1) is 18.6 Å². The van der Waals surface area contributed by atoms with Crippen LogP contribution in [0.15, 0.2) is 53.1 Å². The number of hydrogen-bond acceptors (Lipinski definition) is 3. The Morgan fingerprint density at radius 3 is 2.78 bits per heavy atom. The second-order valence-corrected chi connectivity index (χ2v) is 7.52. The third-order valence-electron chi connectivity index (χ3n) is 4.27. The minimum Gasteiger partial charge on any atom is -0.467 e. The number of rotatable bonds is 5. The van der Waals surface area contributed by atoms with Crippen molar-refractivity contribution in [1.82, 2.24) is 9.88 Å². The molecule has 0 radical (unpaired) electrons. The lowest BCUT2D eigenvalue weighted by Crippen LogP contribution is -2.25. The van der Waals surface area contributed by atoms with Crippen molar-refractivity contribution in [1.29, 1.82) is 0 Å². The van der Waals surface area contributed by atoms with Gasteiger partial charge in [-0.2, -0.15) is 0 Å². The molecule has 27 heavy (non-hydrogen) atoms. The summed E-state index contributed by atoms with van der Waals surface area (Å²) >= 11 is 1.58. The number of aromatic nitrogens is 1. The Morgan fingerprint density at radius 2 is 2.04 bits per heavy atom. The standard InChI is InChI=1S/C20H16F2N2O2S/c1-12-7-17-19(27-12)9-18(20(25)23-10-14-3-2-6-26-14)24(17)11-13-4-5-15(21)16(22)8-13/h2-9H,10-11H2,1H3,(H,23,25). The van der Waals surface area contributed by atoms with Gasteiger partial charge in [-0.15, -0.1) is 11.3 Å². The van der Waals surface area contributed by atoms with Gasteiger partial charge in [-0.3, -0.25) is 4.79 Å². The zero-order valence-electron chi connectivity index (χ0n) is 14.5. The van der Waals surface area contributed by atoms with Crippen molar-refractivity contribution in [2.45, 2.75) is 20.0 Å². The van der Waals surface area contributed by atoms with Gasteiger partial charge < -0.3 is 14.3 Å². The summed E-state index contributed by atoms with van der Waals surface area (Å²) in [4.78, 5) is 13.8. The van der Waals surface area contributed by atoms with Crippen LogP contribution in [0.4, 0.5) is 8.78 Å². The summed E-state index contributed by atoms with van der Waals surface area (Å²) in [6.45, 7) is 2.53. The van der Waals surface area contributed by atoms with Gasteiger partial charge in [-0.25, -0.2) is 8.78 Å². The first-order valence-corrected chi connectivity index (χ1v) is 9.17. The normalized spacial score (nSPS) is 11.2. The predicted molar refractivity (Wildman–Crippen MR) is 99.9 cm³/mol. The van der Waals surface area contributed by atoms with Crippen molar-refractivity contribution < 1.29 is 18.0 Å². The molecule has 0 aliphatic heterocycles. The number of thiophene rings is 1. The van der Waals surface area contributed by atoms with Gasteiger partial charge in [0.2, 0.25) is 0 Å². The Morgan fingerprint density at radius 1 is 1.19 bits per heavy atom. The number of nitrogens with one attached hydrogen (secondary N) is 1. The van der Waals surface area contributed by atoms with E-state index >= 15 is 0 Å². The number of nitrogens with zero attached hydrogens (tertiary/aromatic N) is 1. The number of hydrogen-bond donors (Lipinski definition) is 1. The molecular weight excluding hydrogens is 370 g/mol. The van der Waals surface area contributed by atoms with Crippen LogP contribution < -0.4 is 5.32 Å². The molecule has 3 aromatic heterocycles. The molecule has 4 nitrogen and oxygen atoms in total. The molecule has 4 aromatic rings. The lowest BCUT2D eigenvalue weighted by molar-refractivity contribution is 0.0939. The SMILES string of the molecule is Cc1cc2c(cc(C(=O)NCc3ccco3)n2Cc2ccc(F)c(F)c2)s1. The van der Waals surface area contributed by atoms with Crippen LogP contribution >= 0.6 is 11.3 Å². The maximum atomic E-state index is 13.6. The van der Waals surface area contributed by atoms with Crippen LogP contribution in [-0.2, 0) is 13.1 Å². The quantitative estimate of drug-likeness (QED) is 0.532. The van der Waals surface area contributed by atoms with Gasteiger partial charge in [0.25, 0.3) is 5.91 Å². The van der Waals surface area contributed by atoms with Crippen LogP contribution in [0.5, 0.6) is 0 Å². The Labute approximate surface area is 158 Å². The van der Waals surface area contributed by atoms with Crippen molar-refractivity contribution in [2.75, 3.05) is 0 Å². The van der Waals surface area contributed by atoms with Crippen molar-refractivity contribution in [3.8, 4) is 0 Å². The molecule has 1 N–H and O–H groups in total. The summed E-state index contributed by atoms with van der Waals surface area (Å²) in [7, 11) is 0. The number of halogens is 2. The summed E-state index contributed by atoms with van der Waals surface area (Å²) in [5.41, 5.74) is 1.94. The topological polar surface area (TPSA) is 47.2 Å². The number of amides is 1. The van der Waals surface area contributed by atoms with Gasteiger partial charge in [0.1, 0.15) is 11.5 Å². The fourth-order valence-corrected chi connectivity index (χ4v) is 3.98. The van der Waals surface area contributed by atoms with Crippen molar-refractivity contribution in [3.05, 3.63) is 82.3 Å². The van der Waals surface area contributed by atoms with E-state index < -0.39 is 11.6 Å². The van der Waals surface area contributed by atoms with Crippen LogP contribution in [0.25, 0.3) is 10.2 Å². The second-order valence-electron chi connectivity index (χ2n) is 6.23. The number of fused-ring (bicyclic) bond motifs is 1. The molecule has 4 rings (SSSR count). The fourth-order valence-electron chi connectivity index (χ4n) is 3.02. The molecule has 1 amide bonds. The lowest BCUT2D eigenvalue weighted by Gasteiger charge is -2.11. The van der Waals surface area contributed by atoms with E-state index in [1.54, 1.807) is 29.7 Å². The minimum absolute atomic E-state index is 0.255. The summed E-state index contributed by atoms with van der Waals surface area (Å²) in [6, 6.07) is 11.1. The first kappa shape index (κ1) is 17.5. The molecule has 0 saturated carbocycles. The maximum absolute atomic E-state index is 13.6. The molecule has 0 saturated heterocycles. The molecule has 3 heterocycles. The highest BCUT2D eigenvalue weighted by molar-refractivity contribution is 7.19. The first-order chi connectivity index (χ1) is 13.0. The Hall–Kier alpha value is -2.93. The highest BCUT2D eigenvalue weighted by Crippen LogP contribution is 2.29. The molecule has 0 unspecified atom stereocenters. The van der Waals surface area contributed by atoms with E-state index in [9.17, 15) is 13.6 Å². The van der Waals surface area contributed by atoms with Crippen LogP contribution in [0.3, 0.4) is 0 Å². The Kier molecular flexibility index (Phi) is 4.53. The van der Waals surface area contributed by atoms with Crippen molar-refractivity contribution in [3.63, 3.8) is 0 Å². The first-order valence-electron chi connectivity index (χ1n) is 8.35. The minimum atomic E-state index is -0.902.